The van der Waals surface area contributed by atoms with E-state index in [4.69, 9.17) is 33.8 Å². The molecule has 0 spiro atoms. The number of aliphatic carboxylic acids is 1. The van der Waals surface area contributed by atoms with Crippen molar-refractivity contribution in [3.63, 3.8) is 0 Å². The van der Waals surface area contributed by atoms with Crippen molar-refractivity contribution in [2.24, 2.45) is 38.7 Å². The van der Waals surface area contributed by atoms with Gasteiger partial charge in [0.15, 0.2) is 18.0 Å². The van der Waals surface area contributed by atoms with Gasteiger partial charge in [-0.25, -0.2) is 4.79 Å². The maximum atomic E-state index is 14.0. The molecule has 1 aromatic carbocycles. The number of nitrogens with one attached hydrogen (secondary N) is 5. The highest BCUT2D eigenvalue weighted by Gasteiger charge is 2.37. The van der Waals surface area contributed by atoms with Crippen molar-refractivity contribution in [2.75, 3.05) is 32.8 Å². The number of nitrogens with zero attached hydrogens (tertiary/aromatic N) is 3. The summed E-state index contributed by atoms with van der Waals surface area (Å²) in [7, 11) is 0. The maximum absolute atomic E-state index is 14.0. The highest BCUT2D eigenvalue weighted by molar-refractivity contribution is 5.97. The molecule has 1 saturated heterocycles. The fourth-order valence-electron chi connectivity index (χ4n) is 5.89. The molecule has 24 nitrogen and oxygen atoms in total. The molecule has 1 aliphatic heterocycles. The minimum absolute atomic E-state index is 0.0324. The first-order valence-electron chi connectivity index (χ1n) is 18.8. The van der Waals surface area contributed by atoms with E-state index in [1.165, 1.54) is 29.2 Å². The summed E-state index contributed by atoms with van der Waals surface area (Å²) in [6.07, 6.45) is -0.920. The number of guanidine groups is 2. The zero-order valence-electron chi connectivity index (χ0n) is 32.7. The first-order valence-corrected chi connectivity index (χ1v) is 18.8. The number of phenols is 1. The Morgan fingerprint density at radius 1 is 0.814 bits per heavy atom. The quantitative estimate of drug-likeness (QED) is 0.0262. The fraction of sp³-hybridized carbons (Fsp3) is 0.571. The Hall–Kier alpha value is -6.27. The zero-order chi connectivity index (χ0) is 44.2. The number of amides is 6. The smallest absolute Gasteiger partial charge is 0.328 e. The van der Waals surface area contributed by atoms with Crippen molar-refractivity contribution in [1.82, 2.24) is 31.5 Å². The number of hydrogen-bond donors (Lipinski definition) is 14. The predicted molar refractivity (Wildman–Crippen MR) is 211 cm³/mol. The van der Waals surface area contributed by atoms with Crippen LogP contribution in [-0.2, 0) is 40.0 Å². The third-order valence-electron chi connectivity index (χ3n) is 9.04. The van der Waals surface area contributed by atoms with Gasteiger partial charge in [-0.3, -0.25) is 38.8 Å². The second kappa shape index (κ2) is 24.5. The minimum atomic E-state index is -1.74. The van der Waals surface area contributed by atoms with Gasteiger partial charge in [0.2, 0.25) is 35.4 Å². The van der Waals surface area contributed by atoms with Gasteiger partial charge in [0.25, 0.3) is 0 Å². The Balaban J connectivity index is 2.39. The van der Waals surface area contributed by atoms with E-state index in [1.807, 2.05) is 0 Å². The third-order valence-corrected chi connectivity index (χ3v) is 9.04. The van der Waals surface area contributed by atoms with Gasteiger partial charge in [-0.2, -0.15) is 0 Å². The number of likely N-dealkylation sites (tertiary alicyclic amines) is 1. The molecule has 2 rings (SSSR count). The Morgan fingerprint density at radius 2 is 1.34 bits per heavy atom. The lowest BCUT2D eigenvalue weighted by Gasteiger charge is -2.28. The molecule has 0 aromatic heterocycles. The highest BCUT2D eigenvalue weighted by Crippen LogP contribution is 2.18. The molecule has 7 atom stereocenters. The van der Waals surface area contributed by atoms with Gasteiger partial charge in [0.1, 0.15) is 36.0 Å². The number of nitrogens with two attached hydrogens (primary N) is 5. The molecule has 0 saturated carbocycles. The summed E-state index contributed by atoms with van der Waals surface area (Å²) in [6.45, 7) is 0.266. The van der Waals surface area contributed by atoms with E-state index in [0.29, 0.717) is 12.0 Å². The summed E-state index contributed by atoms with van der Waals surface area (Å²) in [5, 5.41) is 50.7. The molecule has 24 heteroatoms. The van der Waals surface area contributed by atoms with Gasteiger partial charge >= 0.3 is 5.97 Å². The molecule has 1 aliphatic rings. The van der Waals surface area contributed by atoms with Crippen molar-refractivity contribution in [3.05, 3.63) is 29.8 Å². The van der Waals surface area contributed by atoms with Gasteiger partial charge in [0, 0.05) is 26.1 Å². The van der Waals surface area contributed by atoms with Crippen LogP contribution in [-0.4, -0.2) is 154 Å². The number of aliphatic hydroxyl groups excluding tert-OH is 2. The van der Waals surface area contributed by atoms with Gasteiger partial charge in [-0.15, -0.1) is 0 Å². The number of aliphatic imine (C=N–C) groups is 2. The standard InChI is InChI=1S/C35H57N13O11/c1-18(50)27(33(58)59)47-31(56)24(15-19-8-10-20(51)11-9-19)46-30(55)22(5-2-12-41-34(37)38)44-29(54)23(6-3-13-42-35(39)40)45-32(57)25-7-4-14-48(25)26(52)16-43-28(53)21(36)17-49/h8-11,18,21-25,27,49-51H,2-7,12-17,36H2,1H3,(H,43,53)(H,44,54)(H,45,57)(H,46,55)(H,47,56)(H,58,59)(H4,37,38,41)(H4,39,40,42)/t18-,21+,22+,23+,24+,25+,27+/m1/s1. The number of rotatable bonds is 24. The van der Waals surface area contributed by atoms with Crippen LogP contribution in [0.2, 0.25) is 0 Å². The molecular weight excluding hydrogens is 778 g/mol. The molecular formula is C35H57N13O11. The van der Waals surface area contributed by atoms with Crippen LogP contribution in [0.4, 0.5) is 0 Å². The summed E-state index contributed by atoms with van der Waals surface area (Å²) in [5.74, 6) is -6.88. The van der Waals surface area contributed by atoms with E-state index in [1.54, 1.807) is 0 Å². The number of phenolic OH excluding ortho intramolecular Hbond substituents is 1. The van der Waals surface area contributed by atoms with Crippen molar-refractivity contribution < 1.29 is 54.0 Å². The number of benzene rings is 1. The molecule has 1 aromatic rings. The van der Waals surface area contributed by atoms with Gasteiger partial charge in [0.05, 0.1) is 19.3 Å². The summed E-state index contributed by atoms with van der Waals surface area (Å²) >= 11 is 0. The van der Waals surface area contributed by atoms with Crippen LogP contribution >= 0.6 is 0 Å². The van der Waals surface area contributed by atoms with Crippen LogP contribution in [0.15, 0.2) is 34.3 Å². The summed E-state index contributed by atoms with van der Waals surface area (Å²) < 4.78 is 0. The summed E-state index contributed by atoms with van der Waals surface area (Å²) in [4.78, 5) is 101. The summed E-state index contributed by atoms with van der Waals surface area (Å²) in [5.41, 5.74) is 27.7. The molecule has 1 fully saturated rings. The first-order chi connectivity index (χ1) is 27.8. The number of carboxylic acid groups (broad SMARTS) is 1. The average Bonchev–Trinajstić information content (AvgIpc) is 3.68. The normalized spacial score (nSPS) is 16.5. The lowest BCUT2D eigenvalue weighted by molar-refractivity contribution is -0.145. The van der Waals surface area contributed by atoms with E-state index in [9.17, 15) is 48.9 Å². The second-order valence-corrected chi connectivity index (χ2v) is 13.8. The monoisotopic (exact) mass is 835 g/mol. The number of aromatic hydroxyl groups is 1. The lowest BCUT2D eigenvalue weighted by Crippen LogP contribution is -2.59. The largest absolute Gasteiger partial charge is 0.508 e. The second-order valence-electron chi connectivity index (χ2n) is 13.8. The number of carbonyl (C=O) groups is 7. The van der Waals surface area contributed by atoms with Crippen LogP contribution in [0.25, 0.3) is 0 Å². The number of carbonyl (C=O) groups excluding carboxylic acids is 6. The van der Waals surface area contributed by atoms with Crippen molar-refractivity contribution in [1.29, 1.82) is 0 Å². The van der Waals surface area contributed by atoms with E-state index >= 15 is 0 Å². The molecule has 19 N–H and O–H groups in total. The maximum Gasteiger partial charge on any atom is 0.328 e. The SMILES string of the molecule is C[C@@H](O)[C@H](NC(=O)[C@H](Cc1ccc(O)cc1)NC(=O)[C@H](CCCN=C(N)N)NC(=O)[C@H](CCCN=C(N)N)NC(=O)[C@@H]1CCCN1C(=O)CNC(=O)[C@@H](N)CO)C(=O)O. The number of carboxylic acids is 1. The third kappa shape index (κ3) is 17.0. The summed E-state index contributed by atoms with van der Waals surface area (Å²) in [6, 6.07) is -2.59. The van der Waals surface area contributed by atoms with E-state index in [0.717, 1.165) is 6.92 Å². The van der Waals surface area contributed by atoms with Crippen LogP contribution < -0.4 is 55.3 Å². The van der Waals surface area contributed by atoms with Crippen LogP contribution in [0, 0.1) is 0 Å². The predicted octanol–water partition coefficient (Wildman–Crippen LogP) is -6.13. The average molecular weight is 836 g/mol. The Kier molecular flexibility index (Phi) is 20.3. The molecule has 0 bridgehead atoms. The van der Waals surface area contributed by atoms with E-state index < -0.39 is 96.9 Å². The number of aliphatic hydroxyl groups is 2. The molecule has 328 valence electrons. The minimum Gasteiger partial charge on any atom is -0.508 e. The Bertz CT molecular complexity index is 1670. The van der Waals surface area contributed by atoms with Gasteiger partial charge in [-0.1, -0.05) is 12.1 Å². The van der Waals surface area contributed by atoms with Crippen molar-refractivity contribution >= 4 is 53.3 Å². The van der Waals surface area contributed by atoms with Crippen molar-refractivity contribution in [2.45, 2.75) is 94.2 Å². The Labute approximate surface area is 339 Å². The molecule has 0 radical (unpaired) electrons. The first kappa shape index (κ1) is 48.9. The van der Waals surface area contributed by atoms with Crippen LogP contribution in [0.1, 0.15) is 51.0 Å². The van der Waals surface area contributed by atoms with Crippen LogP contribution in [0.5, 0.6) is 5.75 Å². The molecule has 0 aliphatic carbocycles. The zero-order valence-corrected chi connectivity index (χ0v) is 32.7. The van der Waals surface area contributed by atoms with Crippen LogP contribution in [0.3, 0.4) is 0 Å². The molecule has 59 heavy (non-hydrogen) atoms. The molecule has 0 unspecified atom stereocenters. The van der Waals surface area contributed by atoms with Gasteiger partial charge in [-0.05, 0) is 63.1 Å². The van der Waals surface area contributed by atoms with E-state index in [-0.39, 0.29) is 75.8 Å². The fourth-order valence-corrected chi connectivity index (χ4v) is 5.89. The molecule has 6 amide bonds. The highest BCUT2D eigenvalue weighted by atomic mass is 16.4. The number of hydrogen-bond acceptors (Lipinski definition) is 13. The van der Waals surface area contributed by atoms with Crippen molar-refractivity contribution in [3.8, 4) is 5.75 Å². The van der Waals surface area contributed by atoms with Gasteiger partial charge < -0.3 is 80.6 Å². The van der Waals surface area contributed by atoms with E-state index in [2.05, 4.69) is 36.6 Å². The Morgan fingerprint density at radius 3 is 1.85 bits per heavy atom. The lowest BCUT2D eigenvalue weighted by atomic mass is 10.0. The molecule has 1 heterocycles. The topological polar surface area (TPSA) is 419 Å².